The monoisotopic (exact) mass is 231 g/mol. The van der Waals surface area contributed by atoms with Gasteiger partial charge in [0.2, 0.25) is 0 Å². The number of hydrogen-bond acceptors (Lipinski definition) is 3. The quantitative estimate of drug-likeness (QED) is 0.455. The fourth-order valence-corrected chi connectivity index (χ4v) is 2.22. The van der Waals surface area contributed by atoms with Crippen LogP contribution in [0.2, 0.25) is 0 Å². The van der Waals surface area contributed by atoms with Crippen LogP contribution < -0.4 is 0 Å². The summed E-state index contributed by atoms with van der Waals surface area (Å²) in [5, 5.41) is 4.30. The Morgan fingerprint density at radius 3 is 2.94 bits per heavy atom. The van der Waals surface area contributed by atoms with Gasteiger partial charge in [0.05, 0.1) is 12.3 Å². The average molecular weight is 231 g/mol. The fourth-order valence-electron chi connectivity index (χ4n) is 2.22. The summed E-state index contributed by atoms with van der Waals surface area (Å²) in [7, 11) is 0. The van der Waals surface area contributed by atoms with Crippen LogP contribution in [0.4, 0.5) is 0 Å². The third-order valence-corrected chi connectivity index (χ3v) is 3.28. The maximum atomic E-state index is 5.37. The first-order valence-corrected chi connectivity index (χ1v) is 6.32. The molecule has 1 aliphatic heterocycles. The Labute approximate surface area is 101 Å². The molecule has 3 heteroatoms. The SMILES string of the molecule is c1ccc2c(c1)CCCC/C2=N\OC[C@@H]1CO1. The van der Waals surface area contributed by atoms with Crippen molar-refractivity contribution in [2.45, 2.75) is 31.8 Å². The molecule has 1 atom stereocenters. The van der Waals surface area contributed by atoms with Crippen LogP contribution in [-0.2, 0) is 16.0 Å². The van der Waals surface area contributed by atoms with Crippen molar-refractivity contribution in [1.29, 1.82) is 0 Å². The van der Waals surface area contributed by atoms with Crippen LogP contribution in [0, 0.1) is 0 Å². The molecule has 1 aromatic carbocycles. The van der Waals surface area contributed by atoms with Gasteiger partial charge in [0, 0.05) is 5.56 Å². The summed E-state index contributed by atoms with van der Waals surface area (Å²) in [6.07, 6.45) is 4.88. The first-order chi connectivity index (χ1) is 8.43. The van der Waals surface area contributed by atoms with Crippen LogP contribution in [0.5, 0.6) is 0 Å². The van der Waals surface area contributed by atoms with E-state index in [0.29, 0.717) is 6.61 Å². The van der Waals surface area contributed by atoms with Gasteiger partial charge in [0.25, 0.3) is 0 Å². The Balaban J connectivity index is 1.77. The van der Waals surface area contributed by atoms with Gasteiger partial charge in [0.15, 0.2) is 0 Å². The summed E-state index contributed by atoms with van der Waals surface area (Å²) >= 11 is 0. The van der Waals surface area contributed by atoms with E-state index >= 15 is 0 Å². The second-order valence-corrected chi connectivity index (χ2v) is 4.65. The maximum absolute atomic E-state index is 5.37. The van der Waals surface area contributed by atoms with Crippen LogP contribution in [0.15, 0.2) is 29.4 Å². The van der Waals surface area contributed by atoms with Crippen molar-refractivity contribution in [3.05, 3.63) is 35.4 Å². The summed E-state index contributed by atoms with van der Waals surface area (Å²) in [6.45, 7) is 1.41. The predicted octanol–water partition coefficient (Wildman–Crippen LogP) is 2.53. The van der Waals surface area contributed by atoms with E-state index in [9.17, 15) is 0 Å². The minimum atomic E-state index is 0.278. The summed E-state index contributed by atoms with van der Waals surface area (Å²) in [4.78, 5) is 5.37. The molecule has 1 heterocycles. The number of oxime groups is 1. The van der Waals surface area contributed by atoms with Crippen LogP contribution in [0.1, 0.15) is 30.4 Å². The Morgan fingerprint density at radius 2 is 2.06 bits per heavy atom. The summed E-state index contributed by atoms with van der Waals surface area (Å²) < 4.78 is 5.10. The molecule has 0 spiro atoms. The van der Waals surface area contributed by atoms with Crippen molar-refractivity contribution in [3.8, 4) is 0 Å². The van der Waals surface area contributed by atoms with Gasteiger partial charge in [-0.05, 0) is 31.2 Å². The Morgan fingerprint density at radius 1 is 1.24 bits per heavy atom. The number of fused-ring (bicyclic) bond motifs is 1. The van der Waals surface area contributed by atoms with Gasteiger partial charge in [0.1, 0.15) is 12.7 Å². The van der Waals surface area contributed by atoms with E-state index in [2.05, 4.69) is 29.4 Å². The Bertz CT molecular complexity index is 424. The molecule has 1 aromatic rings. The van der Waals surface area contributed by atoms with Crippen molar-refractivity contribution in [3.63, 3.8) is 0 Å². The normalized spacial score (nSPS) is 25.2. The van der Waals surface area contributed by atoms with E-state index in [-0.39, 0.29) is 6.10 Å². The predicted molar refractivity (Wildman–Crippen MR) is 66.2 cm³/mol. The number of rotatable bonds is 3. The summed E-state index contributed by atoms with van der Waals surface area (Å²) in [5.41, 5.74) is 3.76. The van der Waals surface area contributed by atoms with Gasteiger partial charge < -0.3 is 9.57 Å². The Hall–Kier alpha value is -1.35. The molecule has 0 unspecified atom stereocenters. The number of benzene rings is 1. The lowest BCUT2D eigenvalue weighted by Gasteiger charge is -2.07. The molecular formula is C14H17NO2. The van der Waals surface area contributed by atoms with Crippen molar-refractivity contribution < 1.29 is 9.57 Å². The molecule has 0 aromatic heterocycles. The van der Waals surface area contributed by atoms with Crippen molar-refractivity contribution in [2.24, 2.45) is 5.16 Å². The maximum Gasteiger partial charge on any atom is 0.145 e. The van der Waals surface area contributed by atoms with Crippen LogP contribution >= 0.6 is 0 Å². The van der Waals surface area contributed by atoms with Crippen molar-refractivity contribution in [2.75, 3.05) is 13.2 Å². The molecule has 90 valence electrons. The van der Waals surface area contributed by atoms with Gasteiger partial charge in [-0.15, -0.1) is 0 Å². The molecule has 0 amide bonds. The van der Waals surface area contributed by atoms with Crippen molar-refractivity contribution >= 4 is 5.71 Å². The first-order valence-electron chi connectivity index (χ1n) is 6.32. The molecule has 2 aliphatic rings. The van der Waals surface area contributed by atoms with E-state index in [1.165, 1.54) is 24.0 Å². The lowest BCUT2D eigenvalue weighted by Crippen LogP contribution is -2.05. The highest BCUT2D eigenvalue weighted by Gasteiger charge is 2.23. The molecule has 17 heavy (non-hydrogen) atoms. The summed E-state index contributed by atoms with van der Waals surface area (Å²) in [5.74, 6) is 0. The van der Waals surface area contributed by atoms with E-state index < -0.39 is 0 Å². The fraction of sp³-hybridized carbons (Fsp3) is 0.500. The zero-order valence-corrected chi connectivity index (χ0v) is 9.89. The summed E-state index contributed by atoms with van der Waals surface area (Å²) in [6, 6.07) is 8.51. The van der Waals surface area contributed by atoms with Gasteiger partial charge in [-0.3, -0.25) is 0 Å². The number of ether oxygens (including phenoxy) is 1. The minimum absolute atomic E-state index is 0.278. The van der Waals surface area contributed by atoms with Crippen molar-refractivity contribution in [1.82, 2.24) is 0 Å². The third kappa shape index (κ3) is 2.67. The van der Waals surface area contributed by atoms with Gasteiger partial charge in [-0.25, -0.2) is 0 Å². The molecule has 0 saturated carbocycles. The molecule has 1 saturated heterocycles. The van der Waals surface area contributed by atoms with Gasteiger partial charge >= 0.3 is 0 Å². The highest BCUT2D eigenvalue weighted by atomic mass is 16.7. The zero-order valence-electron chi connectivity index (χ0n) is 9.89. The smallest absolute Gasteiger partial charge is 0.145 e. The number of aryl methyl sites for hydroxylation is 1. The molecule has 3 rings (SSSR count). The number of nitrogens with zero attached hydrogens (tertiary/aromatic N) is 1. The molecular weight excluding hydrogens is 214 g/mol. The molecule has 1 aliphatic carbocycles. The highest BCUT2D eigenvalue weighted by Crippen LogP contribution is 2.21. The molecule has 3 nitrogen and oxygen atoms in total. The number of epoxide rings is 1. The lowest BCUT2D eigenvalue weighted by atomic mass is 10.0. The van der Waals surface area contributed by atoms with Crippen LogP contribution in [-0.4, -0.2) is 25.0 Å². The molecule has 1 fully saturated rings. The van der Waals surface area contributed by atoms with E-state index in [1.807, 2.05) is 0 Å². The van der Waals surface area contributed by atoms with Crippen LogP contribution in [0.3, 0.4) is 0 Å². The van der Waals surface area contributed by atoms with Crippen LogP contribution in [0.25, 0.3) is 0 Å². The first kappa shape index (κ1) is 10.8. The van der Waals surface area contributed by atoms with E-state index in [1.54, 1.807) is 0 Å². The van der Waals surface area contributed by atoms with Gasteiger partial charge in [-0.2, -0.15) is 0 Å². The molecule has 0 N–H and O–H groups in total. The largest absolute Gasteiger partial charge is 0.393 e. The highest BCUT2D eigenvalue weighted by molar-refractivity contribution is 6.01. The molecule has 0 bridgehead atoms. The zero-order chi connectivity index (χ0) is 11.5. The molecule has 0 radical (unpaired) electrons. The topological polar surface area (TPSA) is 34.1 Å². The lowest BCUT2D eigenvalue weighted by molar-refractivity contribution is 0.124. The second-order valence-electron chi connectivity index (χ2n) is 4.65. The second kappa shape index (κ2) is 4.88. The van der Waals surface area contributed by atoms with E-state index in [4.69, 9.17) is 9.57 Å². The average Bonchev–Trinajstić information content (AvgIpc) is 3.17. The van der Waals surface area contributed by atoms with Gasteiger partial charge in [-0.1, -0.05) is 29.4 Å². The van der Waals surface area contributed by atoms with E-state index in [0.717, 1.165) is 25.2 Å². The standard InChI is InChI=1S/C14H17NO2/c1-3-7-13-11(5-1)6-2-4-8-14(13)15-17-10-12-9-16-12/h1,3,5,7,12H,2,4,6,8-10H2/b15-14+/t12-/m0/s1. The Kier molecular flexibility index (Phi) is 3.10. The number of hydrogen-bond donors (Lipinski definition) is 0. The third-order valence-electron chi connectivity index (χ3n) is 3.28. The minimum Gasteiger partial charge on any atom is -0.393 e.